The van der Waals surface area contributed by atoms with E-state index in [4.69, 9.17) is 4.74 Å². The van der Waals surface area contributed by atoms with E-state index in [1.54, 1.807) is 24.3 Å². The molecule has 1 atom stereocenters. The zero-order valence-electron chi connectivity index (χ0n) is 11.6. The normalized spacial score (nSPS) is 12.6. The van der Waals surface area contributed by atoms with Gasteiger partial charge in [0.25, 0.3) is 5.91 Å². The highest BCUT2D eigenvalue weighted by molar-refractivity contribution is 8.01. The Morgan fingerprint density at radius 3 is 2.26 bits per heavy atom. The Morgan fingerprint density at radius 2 is 1.79 bits per heavy atom. The second-order valence-corrected chi connectivity index (χ2v) is 6.90. The average Bonchev–Trinajstić information content (AvgIpc) is 2.36. The third-order valence-corrected chi connectivity index (χ3v) is 3.44. The summed E-state index contributed by atoms with van der Waals surface area (Å²) in [6, 6.07) is 8.78. The lowest BCUT2D eigenvalue weighted by molar-refractivity contribution is -0.140. The maximum atomic E-state index is 12.0. The van der Waals surface area contributed by atoms with Crippen LogP contribution < -0.4 is 5.32 Å². The minimum absolute atomic E-state index is 0.164. The Kier molecular flexibility index (Phi) is 5.42. The molecule has 0 fully saturated rings. The molecule has 0 aromatic heterocycles. The molecule has 0 saturated heterocycles. The van der Waals surface area contributed by atoms with Gasteiger partial charge < -0.3 is 10.1 Å². The van der Waals surface area contributed by atoms with Crippen molar-refractivity contribution in [3.63, 3.8) is 0 Å². The number of benzene rings is 1. The Bertz CT molecular complexity index is 440. The Morgan fingerprint density at radius 1 is 1.21 bits per heavy atom. The zero-order chi connectivity index (χ0) is 14.5. The van der Waals surface area contributed by atoms with Crippen molar-refractivity contribution in [3.8, 4) is 0 Å². The molecule has 104 valence electrons. The van der Waals surface area contributed by atoms with E-state index in [1.165, 1.54) is 18.9 Å². The van der Waals surface area contributed by atoms with E-state index in [1.807, 2.05) is 26.8 Å². The van der Waals surface area contributed by atoms with Crippen molar-refractivity contribution in [2.24, 2.45) is 0 Å². The van der Waals surface area contributed by atoms with Crippen LogP contribution in [0.5, 0.6) is 0 Å². The Labute approximate surface area is 117 Å². The molecule has 1 aromatic rings. The molecule has 1 N–H and O–H groups in total. The molecule has 1 aromatic carbocycles. The molecule has 0 aliphatic heterocycles. The van der Waals surface area contributed by atoms with Crippen LogP contribution in [0.15, 0.2) is 30.3 Å². The molecular weight excluding hydrogens is 262 g/mol. The zero-order valence-corrected chi connectivity index (χ0v) is 12.4. The maximum absolute atomic E-state index is 12.0. The Hall–Kier alpha value is -1.49. The molecule has 0 aliphatic rings. The number of nitrogens with one attached hydrogen (secondary N) is 1. The number of carbonyl (C=O) groups is 2. The molecule has 0 bridgehead atoms. The number of hydrogen-bond donors (Lipinski definition) is 1. The van der Waals surface area contributed by atoms with Crippen LogP contribution >= 0.6 is 11.8 Å². The van der Waals surface area contributed by atoms with Gasteiger partial charge in [-0.05, 0) is 12.1 Å². The summed E-state index contributed by atoms with van der Waals surface area (Å²) in [6.07, 6.45) is 0. The van der Waals surface area contributed by atoms with Crippen molar-refractivity contribution < 1.29 is 14.3 Å². The van der Waals surface area contributed by atoms with Crippen LogP contribution in [0.4, 0.5) is 0 Å². The van der Waals surface area contributed by atoms with Crippen molar-refractivity contribution in [1.82, 2.24) is 5.32 Å². The molecular formula is C14H19NO3S. The number of carbonyl (C=O) groups excluding carboxylic acids is 2. The van der Waals surface area contributed by atoms with Gasteiger partial charge in [-0.15, -0.1) is 11.8 Å². The molecule has 1 amide bonds. The van der Waals surface area contributed by atoms with Gasteiger partial charge in [-0.25, -0.2) is 4.79 Å². The summed E-state index contributed by atoms with van der Waals surface area (Å²) in [6.45, 7) is 5.92. The smallest absolute Gasteiger partial charge is 0.339 e. The van der Waals surface area contributed by atoms with E-state index >= 15 is 0 Å². The molecule has 1 rings (SSSR count). The summed E-state index contributed by atoms with van der Waals surface area (Å²) in [5.74, 6) is -0.739. The van der Waals surface area contributed by atoms with Crippen LogP contribution in [0.2, 0.25) is 0 Å². The molecule has 4 nitrogen and oxygen atoms in total. The number of amides is 1. The fourth-order valence-electron chi connectivity index (χ4n) is 1.39. The summed E-state index contributed by atoms with van der Waals surface area (Å²) in [7, 11) is 1.31. The molecule has 1 unspecified atom stereocenters. The van der Waals surface area contributed by atoms with Gasteiger partial charge >= 0.3 is 5.97 Å². The SMILES string of the molecule is COC(=O)C(NC(=O)c1ccccc1)SC(C)(C)C. The monoisotopic (exact) mass is 281 g/mol. The fraction of sp³-hybridized carbons (Fsp3) is 0.429. The lowest BCUT2D eigenvalue weighted by Crippen LogP contribution is -2.41. The first-order valence-corrected chi connectivity index (χ1v) is 6.83. The first kappa shape index (κ1) is 15.6. The summed E-state index contributed by atoms with van der Waals surface area (Å²) in [5, 5.41) is 1.98. The number of thioether (sulfide) groups is 1. The van der Waals surface area contributed by atoms with Crippen molar-refractivity contribution >= 4 is 23.6 Å². The van der Waals surface area contributed by atoms with E-state index in [9.17, 15) is 9.59 Å². The number of esters is 1. The van der Waals surface area contributed by atoms with Crippen LogP contribution in [0.3, 0.4) is 0 Å². The van der Waals surface area contributed by atoms with E-state index in [2.05, 4.69) is 5.32 Å². The lowest BCUT2D eigenvalue weighted by Gasteiger charge is -2.24. The quantitative estimate of drug-likeness (QED) is 0.680. The van der Waals surface area contributed by atoms with E-state index in [0.717, 1.165) is 0 Å². The van der Waals surface area contributed by atoms with E-state index < -0.39 is 11.3 Å². The van der Waals surface area contributed by atoms with Gasteiger partial charge in [0.15, 0.2) is 5.37 Å². The molecule has 0 radical (unpaired) electrons. The maximum Gasteiger partial charge on any atom is 0.339 e. The van der Waals surface area contributed by atoms with Gasteiger partial charge in [0.1, 0.15) is 0 Å². The Balaban J connectivity index is 2.78. The van der Waals surface area contributed by atoms with E-state index in [0.29, 0.717) is 5.56 Å². The minimum atomic E-state index is -0.710. The van der Waals surface area contributed by atoms with Gasteiger partial charge in [-0.2, -0.15) is 0 Å². The predicted octanol–water partition coefficient (Wildman–Crippen LogP) is 2.45. The average molecular weight is 281 g/mol. The van der Waals surface area contributed by atoms with Crippen molar-refractivity contribution in [1.29, 1.82) is 0 Å². The molecule has 0 heterocycles. The van der Waals surface area contributed by atoms with Crippen LogP contribution in [0.1, 0.15) is 31.1 Å². The van der Waals surface area contributed by atoms with Gasteiger partial charge in [0.2, 0.25) is 0 Å². The topological polar surface area (TPSA) is 55.4 Å². The van der Waals surface area contributed by atoms with E-state index in [-0.39, 0.29) is 10.7 Å². The first-order chi connectivity index (χ1) is 8.83. The van der Waals surface area contributed by atoms with Crippen LogP contribution in [0, 0.1) is 0 Å². The summed E-state index contributed by atoms with van der Waals surface area (Å²) >= 11 is 1.35. The van der Waals surface area contributed by atoms with Gasteiger partial charge in [-0.1, -0.05) is 39.0 Å². The molecule has 19 heavy (non-hydrogen) atoms. The van der Waals surface area contributed by atoms with Crippen LogP contribution in [-0.2, 0) is 9.53 Å². The van der Waals surface area contributed by atoms with Gasteiger partial charge in [-0.3, -0.25) is 4.79 Å². The molecule has 0 aliphatic carbocycles. The van der Waals surface area contributed by atoms with Crippen molar-refractivity contribution in [2.75, 3.05) is 7.11 Å². The predicted molar refractivity (Wildman–Crippen MR) is 77.1 cm³/mol. The summed E-state index contributed by atoms with van der Waals surface area (Å²) in [4.78, 5) is 23.7. The van der Waals surface area contributed by atoms with Gasteiger partial charge in [0.05, 0.1) is 7.11 Å². The third kappa shape index (κ3) is 5.34. The molecule has 0 spiro atoms. The highest BCUT2D eigenvalue weighted by atomic mass is 32.2. The summed E-state index contributed by atoms with van der Waals surface area (Å²) in [5.41, 5.74) is 0.519. The largest absolute Gasteiger partial charge is 0.467 e. The van der Waals surface area contributed by atoms with Crippen molar-refractivity contribution in [2.45, 2.75) is 30.9 Å². The van der Waals surface area contributed by atoms with Crippen LogP contribution in [-0.4, -0.2) is 29.1 Å². The molecule has 0 saturated carbocycles. The first-order valence-electron chi connectivity index (χ1n) is 5.95. The summed E-state index contributed by atoms with van der Waals surface area (Å²) < 4.78 is 4.56. The standard InChI is InChI=1S/C14H19NO3S/c1-14(2,3)19-12(13(17)18-4)15-11(16)10-8-6-5-7-9-10/h5-9,12H,1-4H3,(H,15,16). The lowest BCUT2D eigenvalue weighted by atomic mass is 10.2. The van der Waals surface area contributed by atoms with Crippen molar-refractivity contribution in [3.05, 3.63) is 35.9 Å². The number of hydrogen-bond acceptors (Lipinski definition) is 4. The highest BCUT2D eigenvalue weighted by Gasteiger charge is 2.28. The third-order valence-electron chi connectivity index (χ3n) is 2.18. The number of rotatable bonds is 4. The fourth-order valence-corrected chi connectivity index (χ4v) is 2.45. The van der Waals surface area contributed by atoms with Crippen LogP contribution in [0.25, 0.3) is 0 Å². The van der Waals surface area contributed by atoms with Gasteiger partial charge in [0, 0.05) is 10.3 Å². The molecule has 5 heteroatoms. The number of ether oxygens (including phenoxy) is 1. The highest BCUT2D eigenvalue weighted by Crippen LogP contribution is 2.27. The number of methoxy groups -OCH3 is 1. The second kappa shape index (κ2) is 6.61. The second-order valence-electron chi connectivity index (χ2n) is 4.97. The minimum Gasteiger partial charge on any atom is -0.467 e.